The van der Waals surface area contributed by atoms with Gasteiger partial charge in [0, 0.05) is 24.0 Å². The molecule has 0 spiro atoms. The number of nitrogens with zero attached hydrogens (tertiary/aromatic N) is 1. The van der Waals surface area contributed by atoms with Crippen LogP contribution in [0.4, 0.5) is 11.5 Å². The first-order chi connectivity index (χ1) is 8.29. The smallest absolute Gasteiger partial charge is 0.148 e. The highest BCUT2D eigenvalue weighted by atomic mass is 15.0. The Bertz CT molecular complexity index is 616. The largest absolute Gasteiger partial charge is 0.382 e. The molecule has 2 aromatic rings. The summed E-state index contributed by atoms with van der Waals surface area (Å²) >= 11 is 0. The molecule has 0 saturated heterocycles. The van der Waals surface area contributed by atoms with E-state index in [1.165, 1.54) is 0 Å². The fourth-order valence-electron chi connectivity index (χ4n) is 2.18. The van der Waals surface area contributed by atoms with Gasteiger partial charge in [-0.3, -0.25) is 0 Å². The van der Waals surface area contributed by atoms with E-state index in [0.29, 0.717) is 12.4 Å². The van der Waals surface area contributed by atoms with Gasteiger partial charge >= 0.3 is 0 Å². The minimum Gasteiger partial charge on any atom is -0.382 e. The maximum atomic E-state index is 5.96. The Kier molecular flexibility index (Phi) is 2.23. The fourth-order valence-corrected chi connectivity index (χ4v) is 2.18. The number of nitrogens with one attached hydrogen (secondary N) is 1. The van der Waals surface area contributed by atoms with Crippen LogP contribution in [0.25, 0.3) is 17.0 Å². The van der Waals surface area contributed by atoms with Crippen LogP contribution in [0.15, 0.2) is 24.3 Å². The van der Waals surface area contributed by atoms with Crippen molar-refractivity contribution in [1.29, 1.82) is 0 Å². The van der Waals surface area contributed by atoms with Gasteiger partial charge < -0.3 is 16.8 Å². The summed E-state index contributed by atoms with van der Waals surface area (Å²) in [5, 5.41) is 4.36. The van der Waals surface area contributed by atoms with Crippen molar-refractivity contribution in [2.45, 2.75) is 6.54 Å². The van der Waals surface area contributed by atoms with Crippen LogP contribution in [0.1, 0.15) is 11.1 Å². The Labute approximate surface area is 99.3 Å². The molecule has 4 heteroatoms. The standard InChI is InChI=1S/C13H14N4/c14-7-8-3-4-9-10-2-1-5-16-12(10)13(15)17-11(9)6-8/h1-4,6,16H,5,7,14H2,(H2,15,17). The Morgan fingerprint density at radius 2 is 2.24 bits per heavy atom. The molecule has 86 valence electrons. The first-order valence-corrected chi connectivity index (χ1v) is 5.62. The maximum absolute atomic E-state index is 5.96. The highest BCUT2D eigenvalue weighted by Crippen LogP contribution is 2.32. The van der Waals surface area contributed by atoms with Crippen molar-refractivity contribution in [3.8, 4) is 0 Å². The van der Waals surface area contributed by atoms with Gasteiger partial charge in [0.1, 0.15) is 5.82 Å². The second-order valence-electron chi connectivity index (χ2n) is 4.12. The number of fused-ring (bicyclic) bond motifs is 3. The third kappa shape index (κ3) is 1.54. The van der Waals surface area contributed by atoms with Gasteiger partial charge in [0.05, 0.1) is 11.2 Å². The summed E-state index contributed by atoms with van der Waals surface area (Å²) in [6.45, 7) is 1.31. The maximum Gasteiger partial charge on any atom is 0.148 e. The van der Waals surface area contributed by atoms with Crippen LogP contribution in [0.3, 0.4) is 0 Å². The monoisotopic (exact) mass is 226 g/mol. The zero-order valence-corrected chi connectivity index (χ0v) is 9.40. The number of nitrogens with two attached hydrogens (primary N) is 2. The van der Waals surface area contributed by atoms with Crippen molar-refractivity contribution in [3.05, 3.63) is 35.4 Å². The van der Waals surface area contributed by atoms with Crippen molar-refractivity contribution in [2.75, 3.05) is 17.6 Å². The molecule has 1 aliphatic rings. The molecule has 1 aromatic carbocycles. The van der Waals surface area contributed by atoms with E-state index in [1.54, 1.807) is 0 Å². The molecule has 0 saturated carbocycles. The summed E-state index contributed by atoms with van der Waals surface area (Å²) in [6.07, 6.45) is 4.17. The number of rotatable bonds is 1. The van der Waals surface area contributed by atoms with Crippen LogP contribution in [0.5, 0.6) is 0 Å². The van der Waals surface area contributed by atoms with Gasteiger partial charge in [0.2, 0.25) is 0 Å². The number of anilines is 2. The average molecular weight is 226 g/mol. The second kappa shape index (κ2) is 3.75. The van der Waals surface area contributed by atoms with Crippen LogP contribution >= 0.6 is 0 Å². The number of aromatic nitrogens is 1. The van der Waals surface area contributed by atoms with E-state index in [2.05, 4.69) is 28.5 Å². The zero-order valence-electron chi connectivity index (χ0n) is 9.40. The van der Waals surface area contributed by atoms with Gasteiger partial charge in [-0.05, 0) is 11.6 Å². The van der Waals surface area contributed by atoms with E-state index >= 15 is 0 Å². The molecule has 3 rings (SSSR count). The quantitative estimate of drug-likeness (QED) is 0.692. The molecular formula is C13H14N4. The van der Waals surface area contributed by atoms with Gasteiger partial charge in [-0.25, -0.2) is 4.98 Å². The topological polar surface area (TPSA) is 77.0 Å². The van der Waals surface area contributed by atoms with Crippen molar-refractivity contribution >= 4 is 28.5 Å². The second-order valence-corrected chi connectivity index (χ2v) is 4.12. The van der Waals surface area contributed by atoms with Crippen molar-refractivity contribution in [1.82, 2.24) is 4.98 Å². The third-order valence-electron chi connectivity index (χ3n) is 3.04. The fraction of sp³-hybridized carbons (Fsp3) is 0.154. The number of pyridine rings is 1. The zero-order chi connectivity index (χ0) is 11.8. The van der Waals surface area contributed by atoms with Crippen LogP contribution in [0, 0.1) is 0 Å². The Hall–Kier alpha value is -2.07. The molecule has 0 unspecified atom stereocenters. The first-order valence-electron chi connectivity index (χ1n) is 5.62. The van der Waals surface area contributed by atoms with Crippen molar-refractivity contribution in [2.24, 2.45) is 5.73 Å². The lowest BCUT2D eigenvalue weighted by Crippen LogP contribution is -2.09. The van der Waals surface area contributed by atoms with Gasteiger partial charge in [-0.1, -0.05) is 24.3 Å². The van der Waals surface area contributed by atoms with Crippen LogP contribution < -0.4 is 16.8 Å². The molecule has 0 fully saturated rings. The Balaban J connectivity index is 2.35. The normalized spacial score (nSPS) is 13.5. The van der Waals surface area contributed by atoms with E-state index in [1.807, 2.05) is 12.1 Å². The molecule has 17 heavy (non-hydrogen) atoms. The Morgan fingerprint density at radius 3 is 3.06 bits per heavy atom. The number of nitrogen functional groups attached to an aromatic ring is 1. The van der Waals surface area contributed by atoms with Gasteiger partial charge in [0.15, 0.2) is 0 Å². The minimum absolute atomic E-state index is 0.517. The number of hydrogen-bond donors (Lipinski definition) is 3. The van der Waals surface area contributed by atoms with Crippen LogP contribution in [-0.4, -0.2) is 11.5 Å². The highest BCUT2D eigenvalue weighted by Gasteiger charge is 2.13. The summed E-state index contributed by atoms with van der Waals surface area (Å²) < 4.78 is 0. The lowest BCUT2D eigenvalue weighted by atomic mass is 10.0. The predicted molar refractivity (Wildman–Crippen MR) is 71.6 cm³/mol. The van der Waals surface area contributed by atoms with Gasteiger partial charge in [0.25, 0.3) is 0 Å². The summed E-state index contributed by atoms with van der Waals surface area (Å²) in [5.74, 6) is 0.547. The number of benzene rings is 1. The summed E-state index contributed by atoms with van der Waals surface area (Å²) in [5.41, 5.74) is 15.6. The third-order valence-corrected chi connectivity index (χ3v) is 3.04. The molecule has 0 amide bonds. The van der Waals surface area contributed by atoms with E-state index in [-0.39, 0.29) is 0 Å². The first kappa shape index (κ1) is 10.1. The molecule has 0 radical (unpaired) electrons. The van der Waals surface area contributed by atoms with Crippen LogP contribution in [-0.2, 0) is 6.54 Å². The predicted octanol–water partition coefficient (Wildman–Crippen LogP) is 1.71. The van der Waals surface area contributed by atoms with Crippen molar-refractivity contribution < 1.29 is 0 Å². The molecule has 0 aliphatic carbocycles. The molecule has 0 atom stereocenters. The van der Waals surface area contributed by atoms with Crippen LogP contribution in [0.2, 0.25) is 0 Å². The van der Waals surface area contributed by atoms with Crippen molar-refractivity contribution in [3.63, 3.8) is 0 Å². The molecule has 1 aromatic heterocycles. The van der Waals surface area contributed by atoms with E-state index in [4.69, 9.17) is 11.5 Å². The lowest BCUT2D eigenvalue weighted by Gasteiger charge is -2.17. The Morgan fingerprint density at radius 1 is 1.35 bits per heavy atom. The minimum atomic E-state index is 0.517. The van der Waals surface area contributed by atoms with Gasteiger partial charge in [-0.2, -0.15) is 0 Å². The van der Waals surface area contributed by atoms with Gasteiger partial charge in [-0.15, -0.1) is 0 Å². The summed E-state index contributed by atoms with van der Waals surface area (Å²) in [6, 6.07) is 6.08. The summed E-state index contributed by atoms with van der Waals surface area (Å²) in [7, 11) is 0. The average Bonchev–Trinajstić information content (AvgIpc) is 2.38. The number of hydrogen-bond acceptors (Lipinski definition) is 4. The molecule has 1 aliphatic heterocycles. The molecule has 4 nitrogen and oxygen atoms in total. The van der Waals surface area contributed by atoms with E-state index < -0.39 is 0 Å². The summed E-state index contributed by atoms with van der Waals surface area (Å²) in [4.78, 5) is 4.42. The van der Waals surface area contributed by atoms with E-state index in [0.717, 1.165) is 34.3 Å². The van der Waals surface area contributed by atoms with E-state index in [9.17, 15) is 0 Å². The molecule has 5 N–H and O–H groups in total. The highest BCUT2D eigenvalue weighted by molar-refractivity contribution is 5.98. The SMILES string of the molecule is NCc1ccc2c3c(c(N)nc2c1)NCC=C3. The molecular weight excluding hydrogens is 212 g/mol. The lowest BCUT2D eigenvalue weighted by molar-refractivity contribution is 1.07. The molecule has 2 heterocycles. The molecule has 0 bridgehead atoms.